The van der Waals surface area contributed by atoms with Crippen molar-refractivity contribution in [2.45, 2.75) is 45.4 Å². The second kappa shape index (κ2) is 25.3. The Labute approximate surface area is 432 Å². The van der Waals surface area contributed by atoms with Crippen molar-refractivity contribution in [2.24, 2.45) is 0 Å². The molecule has 0 radical (unpaired) electrons. The Kier molecular flexibility index (Phi) is 17.3. The molecule has 75 heavy (non-hydrogen) atoms. The molecule has 17 nitrogen and oxygen atoms in total. The maximum absolute atomic E-state index is 15.4. The van der Waals surface area contributed by atoms with E-state index < -0.39 is 17.8 Å². The molecule has 0 atom stereocenters. The highest BCUT2D eigenvalue weighted by Gasteiger charge is 2.24. The lowest BCUT2D eigenvalue weighted by molar-refractivity contribution is -0.129. The van der Waals surface area contributed by atoms with Gasteiger partial charge in [-0.1, -0.05) is 57.7 Å². The normalized spacial score (nSPS) is 12.4. The Bertz CT molecular complexity index is 2870. The van der Waals surface area contributed by atoms with Gasteiger partial charge in [0, 0.05) is 24.3 Å². The van der Waals surface area contributed by atoms with Crippen molar-refractivity contribution < 1.29 is 85.0 Å². The molecule has 0 bridgehead atoms. The first kappa shape index (κ1) is 51.2. The van der Waals surface area contributed by atoms with Crippen LogP contribution in [0.2, 0.25) is 0 Å². The number of halogens is 1. The van der Waals surface area contributed by atoms with Gasteiger partial charge in [0.25, 0.3) is 0 Å². The molecule has 0 aromatic heterocycles. The summed E-state index contributed by atoms with van der Waals surface area (Å²) in [5.74, 6) is 2.91. The van der Waals surface area contributed by atoms with Crippen LogP contribution in [0.4, 0.5) is 4.39 Å². The van der Waals surface area contributed by atoms with Crippen LogP contribution in [0.25, 0.3) is 11.1 Å². The van der Waals surface area contributed by atoms with E-state index in [-0.39, 0.29) is 100 Å². The van der Waals surface area contributed by atoms with Crippen LogP contribution in [0.1, 0.15) is 55.8 Å². The van der Waals surface area contributed by atoms with Crippen LogP contribution in [0, 0.1) is 5.82 Å². The van der Waals surface area contributed by atoms with Crippen LogP contribution in [-0.2, 0) is 4.79 Å². The summed E-state index contributed by atoms with van der Waals surface area (Å²) < 4.78 is 102. The third-order valence-electron chi connectivity index (χ3n) is 11.7. The number of ether oxygens (including phenoxy) is 15. The van der Waals surface area contributed by atoms with Crippen molar-refractivity contribution in [1.29, 1.82) is 0 Å². The molecule has 392 valence electrons. The number of fused-ring (bicyclic) bond motifs is 3. The first-order valence-corrected chi connectivity index (χ1v) is 24.6. The summed E-state index contributed by atoms with van der Waals surface area (Å²) in [5.41, 5.74) is 0.879. The second-order valence-electron chi connectivity index (χ2n) is 16.9. The van der Waals surface area contributed by atoms with Gasteiger partial charge >= 0.3 is 11.9 Å². The highest BCUT2D eigenvalue weighted by atomic mass is 19.1. The van der Waals surface area contributed by atoms with Crippen LogP contribution in [0.5, 0.6) is 86.2 Å². The molecule has 0 spiro atoms. The van der Waals surface area contributed by atoms with Gasteiger partial charge in [0.05, 0.1) is 12.2 Å². The SMILES string of the molecule is C=CC(=O)Oc1cc(-c2ccc(OCCCCCCCC)c(F)c2)ccc1OC(=O)c1cc(OCCOc2ccc3c(c2)OCO3)c(OCCOc2ccc3c(c2)OCO3)c(OCCOc2ccc3c(c2)OCO3)c1. The molecule has 0 amide bonds. The van der Waals surface area contributed by atoms with E-state index in [0.29, 0.717) is 69.5 Å². The highest BCUT2D eigenvalue weighted by Crippen LogP contribution is 2.42. The molecule has 6 aromatic carbocycles. The third-order valence-corrected chi connectivity index (χ3v) is 11.7. The Morgan fingerprint density at radius 3 is 1.47 bits per heavy atom. The van der Waals surface area contributed by atoms with Gasteiger partial charge in [-0.25, -0.2) is 14.0 Å². The first-order valence-electron chi connectivity index (χ1n) is 24.6. The zero-order chi connectivity index (χ0) is 51.8. The molecule has 0 fully saturated rings. The van der Waals surface area contributed by atoms with Crippen molar-refractivity contribution in [3.63, 3.8) is 0 Å². The Morgan fingerprint density at radius 2 is 0.933 bits per heavy atom. The minimum atomic E-state index is -0.892. The molecule has 3 heterocycles. The van der Waals surface area contributed by atoms with Gasteiger partial charge in [-0.15, -0.1) is 0 Å². The maximum atomic E-state index is 15.4. The Hall–Kier alpha value is -8.67. The largest absolute Gasteiger partial charge is 0.491 e. The predicted octanol–water partition coefficient (Wildman–Crippen LogP) is 11.1. The summed E-state index contributed by atoms with van der Waals surface area (Å²) in [5, 5.41) is 0. The molecule has 3 aliphatic heterocycles. The molecule has 6 aromatic rings. The number of unbranched alkanes of at least 4 members (excludes halogenated alkanes) is 5. The molecule has 0 saturated heterocycles. The zero-order valence-corrected chi connectivity index (χ0v) is 41.2. The van der Waals surface area contributed by atoms with E-state index in [9.17, 15) is 9.59 Å². The monoisotopic (exact) mass is 1030 g/mol. The summed E-state index contributed by atoms with van der Waals surface area (Å²) in [6.45, 7) is 6.54. The van der Waals surface area contributed by atoms with E-state index in [2.05, 4.69) is 13.5 Å². The minimum absolute atomic E-state index is 0.00439. The van der Waals surface area contributed by atoms with Gasteiger partial charge in [0.2, 0.25) is 26.1 Å². The van der Waals surface area contributed by atoms with Gasteiger partial charge in [-0.2, -0.15) is 0 Å². The third kappa shape index (κ3) is 13.7. The molecular formula is C57H55FO17. The van der Waals surface area contributed by atoms with Gasteiger partial charge in [0.15, 0.2) is 69.1 Å². The molecule has 0 unspecified atom stereocenters. The van der Waals surface area contributed by atoms with Gasteiger partial charge in [-0.05, 0) is 90.3 Å². The number of carbonyl (C=O) groups excluding carboxylic acids is 2. The van der Waals surface area contributed by atoms with E-state index in [1.807, 2.05) is 0 Å². The second-order valence-corrected chi connectivity index (χ2v) is 16.9. The Balaban J connectivity index is 0.952. The molecule has 0 saturated carbocycles. The van der Waals surface area contributed by atoms with Crippen molar-refractivity contribution in [3.8, 4) is 97.4 Å². The fourth-order valence-electron chi connectivity index (χ4n) is 7.90. The number of benzene rings is 6. The van der Waals surface area contributed by atoms with Crippen LogP contribution in [-0.4, -0.2) is 78.6 Å². The van der Waals surface area contributed by atoms with Gasteiger partial charge in [-0.3, -0.25) is 0 Å². The number of hydrogen-bond donors (Lipinski definition) is 0. The Morgan fingerprint density at radius 1 is 0.467 bits per heavy atom. The minimum Gasteiger partial charge on any atom is -0.491 e. The number of rotatable bonds is 28. The molecular weight excluding hydrogens is 976 g/mol. The quantitative estimate of drug-likeness (QED) is 0.0196. The maximum Gasteiger partial charge on any atom is 0.343 e. The fourth-order valence-corrected chi connectivity index (χ4v) is 7.90. The number of carbonyl (C=O) groups is 2. The van der Waals surface area contributed by atoms with E-state index >= 15 is 4.39 Å². The van der Waals surface area contributed by atoms with Crippen LogP contribution >= 0.6 is 0 Å². The summed E-state index contributed by atoms with van der Waals surface area (Å²) in [7, 11) is 0. The molecule has 3 aliphatic rings. The van der Waals surface area contributed by atoms with Crippen molar-refractivity contribution >= 4 is 11.9 Å². The average molecular weight is 1030 g/mol. The standard InChI is InChI=1S/C57H55FO17/c1-3-5-6-7-8-9-20-64-44-15-10-37(27-43(44)58)38-11-16-48(52(28-38)74-55(59)4-2)75-57(60)39-29-53(65-24-21-61-40-12-17-45-49(31-40)71-34-68-45)56(67-26-23-63-42-14-19-47-51(33-42)73-36-70-47)54(30-39)66-25-22-62-41-13-18-46-50(32-41)72-35-69-46/h4,10-19,27-33H,2-3,5-9,20-26,34-36H2,1H3. The predicted molar refractivity (Wildman–Crippen MR) is 269 cm³/mol. The molecule has 9 rings (SSSR count). The smallest absolute Gasteiger partial charge is 0.343 e. The lowest BCUT2D eigenvalue weighted by Gasteiger charge is -2.19. The highest BCUT2D eigenvalue weighted by molar-refractivity contribution is 5.93. The summed E-state index contributed by atoms with van der Waals surface area (Å²) in [6, 6.07) is 27.5. The van der Waals surface area contributed by atoms with E-state index in [1.165, 1.54) is 43.2 Å². The summed E-state index contributed by atoms with van der Waals surface area (Å²) >= 11 is 0. The average Bonchev–Trinajstić information content (AvgIpc) is 4.23. The van der Waals surface area contributed by atoms with Crippen LogP contribution in [0.3, 0.4) is 0 Å². The summed E-state index contributed by atoms with van der Waals surface area (Å²) in [4.78, 5) is 27.0. The number of esters is 2. The van der Waals surface area contributed by atoms with E-state index in [0.717, 1.165) is 31.8 Å². The fraction of sp³-hybridized carbons (Fsp3) is 0.298. The van der Waals surface area contributed by atoms with Crippen molar-refractivity contribution in [2.75, 3.05) is 66.6 Å². The molecule has 18 heteroatoms. The lowest BCUT2D eigenvalue weighted by atomic mass is 10.0. The van der Waals surface area contributed by atoms with Crippen LogP contribution < -0.4 is 71.1 Å². The van der Waals surface area contributed by atoms with Gasteiger partial charge < -0.3 is 71.1 Å². The van der Waals surface area contributed by atoms with Crippen molar-refractivity contribution in [3.05, 3.63) is 127 Å². The van der Waals surface area contributed by atoms with Gasteiger partial charge in [0.1, 0.15) is 56.9 Å². The molecule has 0 N–H and O–H groups in total. The van der Waals surface area contributed by atoms with E-state index in [4.69, 9.17) is 71.1 Å². The zero-order valence-electron chi connectivity index (χ0n) is 41.2. The summed E-state index contributed by atoms with van der Waals surface area (Å²) in [6.07, 6.45) is 7.42. The molecule has 0 aliphatic carbocycles. The lowest BCUT2D eigenvalue weighted by Crippen LogP contribution is -2.16. The first-order chi connectivity index (χ1) is 36.8. The van der Waals surface area contributed by atoms with Crippen molar-refractivity contribution in [1.82, 2.24) is 0 Å². The van der Waals surface area contributed by atoms with Crippen LogP contribution in [0.15, 0.2) is 116 Å². The number of hydrogen-bond acceptors (Lipinski definition) is 17. The van der Waals surface area contributed by atoms with E-state index in [1.54, 1.807) is 72.8 Å². The topological polar surface area (TPSA) is 173 Å².